The number of likely N-dealkylation sites (tertiary alicyclic amines) is 1. The van der Waals surface area contributed by atoms with Gasteiger partial charge in [0, 0.05) is 18.7 Å². The van der Waals surface area contributed by atoms with Crippen LogP contribution in [0.25, 0.3) is 0 Å². The maximum Gasteiger partial charge on any atom is 0.268 e. The third-order valence-electron chi connectivity index (χ3n) is 9.17. The number of aliphatic imine (C=N–C) groups is 1. The van der Waals surface area contributed by atoms with Gasteiger partial charge in [-0.05, 0) is 82.5 Å². The Morgan fingerprint density at radius 2 is 1.84 bits per heavy atom. The molecule has 1 aliphatic heterocycles. The van der Waals surface area contributed by atoms with Crippen molar-refractivity contribution in [3.05, 3.63) is 35.4 Å². The van der Waals surface area contributed by atoms with Crippen LogP contribution in [0.15, 0.2) is 29.3 Å². The number of carbonyl (C=O) groups is 3. The Bertz CT molecular complexity index is 1020. The number of aryl methyl sites for hydroxylation is 1. The second kappa shape index (κ2) is 13.0. The smallest absolute Gasteiger partial charge is 0.268 e. The monoisotopic (exact) mass is 522 g/mol. The number of nitrogens with one attached hydrogen (secondary N) is 1. The number of likely N-dealkylation sites (N-methyl/N-ethyl adjacent to an activating group) is 1. The van der Waals surface area contributed by atoms with Gasteiger partial charge in [-0.15, -0.1) is 0 Å². The molecule has 5 atom stereocenters. The Hall–Kier alpha value is -2.54. The number of nitrogens with zero attached hydrogens (tertiary/aromatic N) is 3. The third kappa shape index (κ3) is 6.53. The molecule has 7 nitrogen and oxygen atoms in total. The van der Waals surface area contributed by atoms with Crippen molar-refractivity contribution < 1.29 is 14.4 Å². The molecule has 38 heavy (non-hydrogen) atoms. The van der Waals surface area contributed by atoms with Gasteiger partial charge in [-0.2, -0.15) is 0 Å². The predicted molar refractivity (Wildman–Crippen MR) is 151 cm³/mol. The van der Waals surface area contributed by atoms with Crippen LogP contribution in [0.1, 0.15) is 88.7 Å². The molecule has 1 unspecified atom stereocenters. The minimum Gasteiger partial charge on any atom is -0.343 e. The normalized spacial score (nSPS) is 25.8. The second-order valence-corrected chi connectivity index (χ2v) is 11.9. The van der Waals surface area contributed by atoms with E-state index in [-0.39, 0.29) is 41.5 Å². The number of benzene rings is 1. The zero-order valence-electron chi connectivity index (χ0n) is 23.7. The van der Waals surface area contributed by atoms with Gasteiger partial charge in [0.25, 0.3) is 5.91 Å². The molecule has 1 aromatic rings. The van der Waals surface area contributed by atoms with E-state index in [1.165, 1.54) is 17.5 Å². The summed E-state index contributed by atoms with van der Waals surface area (Å²) in [7, 11) is 3.73. The number of rotatable bonds is 8. The molecule has 0 aromatic heterocycles. The van der Waals surface area contributed by atoms with Gasteiger partial charge in [-0.3, -0.25) is 19.3 Å². The van der Waals surface area contributed by atoms with Gasteiger partial charge in [0.05, 0.1) is 6.04 Å². The maximum atomic E-state index is 14.1. The minimum absolute atomic E-state index is 0.105. The largest absolute Gasteiger partial charge is 0.343 e. The zero-order valence-corrected chi connectivity index (χ0v) is 23.7. The fraction of sp³-hybridized carbons (Fsp3) is 0.677. The Morgan fingerprint density at radius 1 is 1.11 bits per heavy atom. The number of carbonyl (C=O) groups excluding carboxylic acids is 3. The average Bonchev–Trinajstić information content (AvgIpc) is 3.39. The molecule has 2 aliphatic carbocycles. The Morgan fingerprint density at radius 3 is 2.55 bits per heavy atom. The molecule has 3 aliphatic rings. The molecule has 3 amide bonds. The van der Waals surface area contributed by atoms with Crippen molar-refractivity contribution in [3.63, 3.8) is 0 Å². The Kier molecular flexibility index (Phi) is 9.74. The lowest BCUT2D eigenvalue weighted by molar-refractivity contribution is -0.142. The van der Waals surface area contributed by atoms with Crippen LogP contribution in [-0.4, -0.2) is 72.5 Å². The van der Waals surface area contributed by atoms with Crippen molar-refractivity contribution in [1.29, 1.82) is 0 Å². The van der Waals surface area contributed by atoms with Crippen molar-refractivity contribution in [2.75, 3.05) is 20.6 Å². The minimum atomic E-state index is -0.592. The maximum absolute atomic E-state index is 14.1. The van der Waals surface area contributed by atoms with Crippen molar-refractivity contribution >= 4 is 23.9 Å². The Balaban J connectivity index is 1.53. The fourth-order valence-electron chi connectivity index (χ4n) is 6.43. The topological polar surface area (TPSA) is 82.1 Å². The molecule has 208 valence electrons. The molecule has 0 spiro atoms. The van der Waals surface area contributed by atoms with E-state index in [1.54, 1.807) is 4.90 Å². The first-order valence-electron chi connectivity index (χ1n) is 14.7. The summed E-state index contributed by atoms with van der Waals surface area (Å²) in [5.74, 6) is 0.0341. The lowest BCUT2D eigenvalue weighted by atomic mass is 9.83. The van der Waals surface area contributed by atoms with Gasteiger partial charge in [0.2, 0.25) is 11.8 Å². The molecule has 1 aromatic carbocycles. The first-order chi connectivity index (χ1) is 18.3. The highest BCUT2D eigenvalue weighted by molar-refractivity contribution is 5.96. The molecule has 0 bridgehead atoms. The highest BCUT2D eigenvalue weighted by Gasteiger charge is 2.43. The molecule has 1 N–H and O–H groups in total. The molecular weight excluding hydrogens is 476 g/mol. The SMILES string of the molecule is CC[C@H]1C[C@@H](C(=O)/N=C/C2CCCc3ccccc32)N(C(=O)[C@@H](NC(=O)[C@H](C)N(C)C)C2CCCCC2)C1. The third-order valence-corrected chi connectivity index (χ3v) is 9.17. The van der Waals surface area contributed by atoms with Crippen LogP contribution in [0.2, 0.25) is 0 Å². The summed E-state index contributed by atoms with van der Waals surface area (Å²) < 4.78 is 0. The molecule has 1 saturated carbocycles. The number of amides is 3. The highest BCUT2D eigenvalue weighted by atomic mass is 16.2. The van der Waals surface area contributed by atoms with E-state index in [4.69, 9.17) is 0 Å². The van der Waals surface area contributed by atoms with E-state index in [1.807, 2.05) is 38.2 Å². The average molecular weight is 523 g/mol. The van der Waals surface area contributed by atoms with Gasteiger partial charge < -0.3 is 10.2 Å². The van der Waals surface area contributed by atoms with Crippen LogP contribution in [-0.2, 0) is 20.8 Å². The van der Waals surface area contributed by atoms with Gasteiger partial charge in [0.1, 0.15) is 12.1 Å². The van der Waals surface area contributed by atoms with Crippen LogP contribution in [0.5, 0.6) is 0 Å². The van der Waals surface area contributed by atoms with Crippen LogP contribution in [0, 0.1) is 11.8 Å². The summed E-state index contributed by atoms with van der Waals surface area (Å²) >= 11 is 0. The Labute approximate surface area is 228 Å². The molecule has 4 rings (SSSR count). The molecule has 1 saturated heterocycles. The van der Waals surface area contributed by atoms with E-state index >= 15 is 0 Å². The lowest BCUT2D eigenvalue weighted by Crippen LogP contribution is -2.57. The molecule has 1 heterocycles. The first kappa shape index (κ1) is 28.5. The molecular formula is C31H46N4O3. The van der Waals surface area contributed by atoms with Crippen molar-refractivity contribution in [3.8, 4) is 0 Å². The second-order valence-electron chi connectivity index (χ2n) is 11.9. The van der Waals surface area contributed by atoms with Crippen LogP contribution < -0.4 is 5.32 Å². The number of fused-ring (bicyclic) bond motifs is 1. The van der Waals surface area contributed by atoms with E-state index in [0.717, 1.165) is 51.4 Å². The summed E-state index contributed by atoms with van der Waals surface area (Å²) in [5, 5.41) is 3.11. The molecule has 0 radical (unpaired) electrons. The fourth-order valence-corrected chi connectivity index (χ4v) is 6.43. The van der Waals surface area contributed by atoms with Crippen molar-refractivity contribution in [1.82, 2.24) is 15.1 Å². The predicted octanol–water partition coefficient (Wildman–Crippen LogP) is 4.35. The lowest BCUT2D eigenvalue weighted by Gasteiger charge is -2.35. The van der Waals surface area contributed by atoms with Gasteiger partial charge in [0.15, 0.2) is 0 Å². The summed E-state index contributed by atoms with van der Waals surface area (Å²) in [5.41, 5.74) is 2.60. The highest BCUT2D eigenvalue weighted by Crippen LogP contribution is 2.33. The summed E-state index contributed by atoms with van der Waals surface area (Å²) in [6.07, 6.45) is 11.7. The standard InChI is InChI=1S/C31H46N4O3/c1-5-22-18-27(30(37)32-19-25-16-11-15-23-12-9-10-17-26(23)25)35(20-22)31(38)28(24-13-7-6-8-14-24)33-29(36)21(2)34(3)4/h9-10,12,17,19,21-22,24-25,27-28H,5-8,11,13-16,18,20H2,1-4H3,(H,33,36)/b32-19+/t21-,22-,25?,27-,28-/m0/s1. The molecule has 2 fully saturated rings. The molecule has 7 heteroatoms. The van der Waals surface area contributed by atoms with Crippen LogP contribution in [0.4, 0.5) is 0 Å². The zero-order chi connectivity index (χ0) is 27.2. The van der Waals surface area contributed by atoms with Crippen molar-refractivity contribution in [2.24, 2.45) is 16.8 Å². The van der Waals surface area contributed by atoms with E-state index in [9.17, 15) is 14.4 Å². The van der Waals surface area contributed by atoms with E-state index in [0.29, 0.717) is 13.0 Å². The van der Waals surface area contributed by atoms with Gasteiger partial charge in [-0.25, -0.2) is 4.99 Å². The van der Waals surface area contributed by atoms with Crippen LogP contribution >= 0.6 is 0 Å². The summed E-state index contributed by atoms with van der Waals surface area (Å²) in [6.45, 7) is 4.52. The van der Waals surface area contributed by atoms with Gasteiger partial charge in [-0.1, -0.05) is 56.9 Å². The summed E-state index contributed by atoms with van der Waals surface area (Å²) in [4.78, 5) is 48.7. The number of hydrogen-bond donors (Lipinski definition) is 1. The van der Waals surface area contributed by atoms with Gasteiger partial charge >= 0.3 is 0 Å². The quantitative estimate of drug-likeness (QED) is 0.515. The van der Waals surface area contributed by atoms with Crippen molar-refractivity contribution in [2.45, 2.75) is 102 Å². The van der Waals surface area contributed by atoms with Crippen LogP contribution in [0.3, 0.4) is 0 Å². The van der Waals surface area contributed by atoms with E-state index in [2.05, 4.69) is 35.4 Å². The summed E-state index contributed by atoms with van der Waals surface area (Å²) in [6, 6.07) is 6.93. The van der Waals surface area contributed by atoms with E-state index < -0.39 is 12.1 Å². The first-order valence-corrected chi connectivity index (χ1v) is 14.7. The number of hydrogen-bond acceptors (Lipinski definition) is 4.